The fourth-order valence-corrected chi connectivity index (χ4v) is 8.90. The van der Waals surface area contributed by atoms with E-state index in [1.54, 1.807) is 10.8 Å². The Bertz CT molecular complexity index is 1890. The normalized spacial score (nSPS) is 20.5. The fourth-order valence-electron chi connectivity index (χ4n) is 6.78. The van der Waals surface area contributed by atoms with E-state index < -0.39 is 8.32 Å². The van der Waals surface area contributed by atoms with Gasteiger partial charge in [-0.25, -0.2) is 14.3 Å². The van der Waals surface area contributed by atoms with Crippen molar-refractivity contribution < 1.29 is 23.4 Å². The van der Waals surface area contributed by atoms with Crippen LogP contribution in [0.3, 0.4) is 0 Å². The van der Waals surface area contributed by atoms with Crippen LogP contribution in [0.2, 0.25) is 18.1 Å². The number of ether oxygens (including phenoxy) is 4. The maximum Gasteiger partial charge on any atom is 0.246 e. The minimum Gasteiger partial charge on any atom is -0.473 e. The highest BCUT2D eigenvalue weighted by molar-refractivity contribution is 14.1. The van der Waals surface area contributed by atoms with Gasteiger partial charge in [-0.05, 0) is 99.9 Å². The lowest BCUT2D eigenvalue weighted by Gasteiger charge is -2.38. The van der Waals surface area contributed by atoms with Gasteiger partial charge in [0.05, 0.1) is 64.7 Å². The van der Waals surface area contributed by atoms with Gasteiger partial charge in [-0.2, -0.15) is 10.2 Å². The summed E-state index contributed by atoms with van der Waals surface area (Å²) in [4.78, 5) is 7.18. The molecule has 0 spiro atoms. The molecule has 2 saturated heterocycles. The second-order valence-electron chi connectivity index (χ2n) is 16.2. The molecule has 0 saturated carbocycles. The second kappa shape index (κ2) is 16.1. The molecular formula is C38H57IN8O5Si. The van der Waals surface area contributed by atoms with Gasteiger partial charge in [-0.15, -0.1) is 5.10 Å². The molecule has 2 aliphatic heterocycles. The Morgan fingerprint density at radius 3 is 2.60 bits per heavy atom. The van der Waals surface area contributed by atoms with Crippen LogP contribution in [-0.4, -0.2) is 98.8 Å². The van der Waals surface area contributed by atoms with E-state index in [4.69, 9.17) is 38.6 Å². The summed E-state index contributed by atoms with van der Waals surface area (Å²) in [6, 6.07) is 2.08. The van der Waals surface area contributed by atoms with Crippen LogP contribution in [0, 0.1) is 3.57 Å². The summed E-state index contributed by atoms with van der Waals surface area (Å²) in [6.45, 7) is 24.6. The summed E-state index contributed by atoms with van der Waals surface area (Å²) in [5, 5.41) is 15.4. The zero-order valence-electron chi connectivity index (χ0n) is 33.1. The van der Waals surface area contributed by atoms with Gasteiger partial charge in [0.2, 0.25) is 11.8 Å². The second-order valence-corrected chi connectivity index (χ2v) is 22.1. The molecule has 0 aromatic carbocycles. The molecule has 4 atom stereocenters. The van der Waals surface area contributed by atoms with Crippen LogP contribution in [0.4, 0.5) is 0 Å². The van der Waals surface area contributed by atoms with Gasteiger partial charge < -0.3 is 23.4 Å². The third-order valence-corrected chi connectivity index (χ3v) is 16.4. The van der Waals surface area contributed by atoms with Crippen LogP contribution in [-0.2, 0) is 34.0 Å². The van der Waals surface area contributed by atoms with Crippen molar-refractivity contribution in [3.05, 3.63) is 40.0 Å². The summed E-state index contributed by atoms with van der Waals surface area (Å²) in [7, 11) is 2.05. The minimum atomic E-state index is -1.97. The largest absolute Gasteiger partial charge is 0.473 e. The smallest absolute Gasteiger partial charge is 0.246 e. The van der Waals surface area contributed by atoms with Crippen LogP contribution in [0.25, 0.3) is 28.2 Å². The number of rotatable bonds is 14. The SMILES string of the molecule is C=Cc1nn(C2CCCCO2)c2ncc(-c3cnn(C)c3O[C@H]3COC[C@H]3N(C)Cc3c(I)c(OC(C)C)nn3C[C@H](C)O[Si](C)(C)C(C)(C)C)cc12. The van der Waals surface area contributed by atoms with Crippen LogP contribution >= 0.6 is 22.6 Å². The van der Waals surface area contributed by atoms with Crippen LogP contribution in [0.1, 0.15) is 78.4 Å². The Hall–Kier alpha value is -2.83. The van der Waals surface area contributed by atoms with Gasteiger partial charge >= 0.3 is 0 Å². The van der Waals surface area contributed by atoms with E-state index in [9.17, 15) is 0 Å². The third kappa shape index (κ3) is 8.54. The lowest BCUT2D eigenvalue weighted by Crippen LogP contribution is -2.45. The Kier molecular flexibility index (Phi) is 12.1. The summed E-state index contributed by atoms with van der Waals surface area (Å²) in [6.07, 6.45) is 8.20. The zero-order chi connectivity index (χ0) is 38.2. The van der Waals surface area contributed by atoms with Gasteiger partial charge in [-0.1, -0.05) is 27.4 Å². The molecule has 0 bridgehead atoms. The predicted molar refractivity (Wildman–Crippen MR) is 218 cm³/mol. The number of hydrogen-bond acceptors (Lipinski definition) is 10. The van der Waals surface area contributed by atoms with Crippen molar-refractivity contribution in [1.29, 1.82) is 0 Å². The van der Waals surface area contributed by atoms with E-state index in [1.807, 2.05) is 38.0 Å². The monoisotopic (exact) mass is 860 g/mol. The lowest BCUT2D eigenvalue weighted by atomic mass is 10.1. The van der Waals surface area contributed by atoms with Crippen molar-refractivity contribution in [2.45, 2.75) is 123 Å². The highest BCUT2D eigenvalue weighted by Crippen LogP contribution is 2.38. The first-order valence-electron chi connectivity index (χ1n) is 18.8. The topological polar surface area (TPSA) is 116 Å². The Morgan fingerprint density at radius 2 is 1.92 bits per heavy atom. The first-order chi connectivity index (χ1) is 25.1. The molecule has 1 unspecified atom stereocenters. The van der Waals surface area contributed by atoms with Crippen molar-refractivity contribution in [3.8, 4) is 22.9 Å². The number of aryl methyl sites for hydroxylation is 1. The molecule has 4 aromatic rings. The van der Waals surface area contributed by atoms with Crippen molar-refractivity contribution in [1.82, 2.24) is 39.2 Å². The molecule has 0 radical (unpaired) electrons. The molecule has 0 amide bonds. The average Bonchev–Trinajstić information content (AvgIpc) is 3.87. The minimum absolute atomic E-state index is 0.00816. The summed E-state index contributed by atoms with van der Waals surface area (Å²) < 4.78 is 38.6. The molecule has 2 fully saturated rings. The molecule has 0 aliphatic carbocycles. The first-order valence-corrected chi connectivity index (χ1v) is 22.8. The molecule has 6 rings (SSSR count). The van der Waals surface area contributed by atoms with Crippen LogP contribution < -0.4 is 9.47 Å². The number of halogens is 1. The molecule has 15 heteroatoms. The van der Waals surface area contributed by atoms with Crippen LogP contribution in [0.5, 0.6) is 11.8 Å². The predicted octanol–water partition coefficient (Wildman–Crippen LogP) is 7.45. The molecule has 290 valence electrons. The summed E-state index contributed by atoms with van der Waals surface area (Å²) in [5.74, 6) is 1.31. The Morgan fingerprint density at radius 1 is 1.15 bits per heavy atom. The third-order valence-electron chi connectivity index (χ3n) is 10.7. The molecule has 13 nitrogen and oxygen atoms in total. The summed E-state index contributed by atoms with van der Waals surface area (Å²) in [5.41, 5.74) is 4.38. The van der Waals surface area contributed by atoms with E-state index in [2.05, 4.69) is 97.8 Å². The van der Waals surface area contributed by atoms with Crippen molar-refractivity contribution in [2.75, 3.05) is 26.9 Å². The average molecular weight is 861 g/mol. The number of aromatic nitrogens is 7. The van der Waals surface area contributed by atoms with Crippen molar-refractivity contribution in [2.24, 2.45) is 7.05 Å². The van der Waals surface area contributed by atoms with Gasteiger partial charge in [0.25, 0.3) is 0 Å². The summed E-state index contributed by atoms with van der Waals surface area (Å²) >= 11 is 2.38. The highest BCUT2D eigenvalue weighted by Gasteiger charge is 2.39. The maximum atomic E-state index is 6.82. The quantitative estimate of drug-likeness (QED) is 0.0936. The van der Waals surface area contributed by atoms with E-state index >= 15 is 0 Å². The molecule has 2 aliphatic rings. The number of nitrogens with zero attached hydrogens (tertiary/aromatic N) is 8. The maximum absolute atomic E-state index is 6.82. The molecule has 6 heterocycles. The van der Waals surface area contributed by atoms with Gasteiger partial charge in [0.15, 0.2) is 20.2 Å². The van der Waals surface area contributed by atoms with Crippen molar-refractivity contribution >= 4 is 48.0 Å². The van der Waals surface area contributed by atoms with Gasteiger partial charge in [-0.3, -0.25) is 9.58 Å². The van der Waals surface area contributed by atoms with E-state index in [0.717, 1.165) is 63.0 Å². The fraction of sp³-hybridized carbons (Fsp3) is 0.632. The lowest BCUT2D eigenvalue weighted by molar-refractivity contribution is -0.0370. The molecule has 53 heavy (non-hydrogen) atoms. The van der Waals surface area contributed by atoms with E-state index in [-0.39, 0.29) is 35.6 Å². The first kappa shape index (κ1) is 39.8. The molecular weight excluding hydrogens is 803 g/mol. The van der Waals surface area contributed by atoms with E-state index in [1.165, 1.54) is 0 Å². The zero-order valence-corrected chi connectivity index (χ0v) is 36.2. The van der Waals surface area contributed by atoms with E-state index in [0.29, 0.717) is 38.1 Å². The molecule has 0 N–H and O–H groups in total. The molecule has 4 aromatic heterocycles. The Balaban J connectivity index is 1.22. The standard InChI is InChI=1S/C38H57IN8O5Si/c1-12-29-27-17-26(18-40-35(27)47(42-29)33-15-13-14-16-49-33)28-19-41-45(9)37(28)51-32-23-48-22-31(32)44(8)21-30-34(39)36(50-24(2)3)43-46(30)20-25(4)52-53(10,11)38(5,6)7/h12,17-19,24-25,31-33H,1,13-16,20-23H2,2-11H3/t25-,31+,32-,33?/m0/s1. The highest BCUT2D eigenvalue weighted by atomic mass is 127. The van der Waals surface area contributed by atoms with Crippen molar-refractivity contribution in [3.63, 3.8) is 0 Å². The number of likely N-dealkylation sites (N-methyl/N-ethyl adjacent to an activating group) is 1. The number of pyridine rings is 1. The Labute approximate surface area is 328 Å². The van der Waals surface area contributed by atoms with Gasteiger partial charge in [0.1, 0.15) is 6.10 Å². The number of fused-ring (bicyclic) bond motifs is 1. The van der Waals surface area contributed by atoms with Crippen LogP contribution in [0.15, 0.2) is 25.0 Å². The number of hydrogen-bond donors (Lipinski definition) is 0. The van der Waals surface area contributed by atoms with Gasteiger partial charge in [0, 0.05) is 37.3 Å².